The van der Waals surface area contributed by atoms with Crippen LogP contribution in [0.2, 0.25) is 0 Å². The number of urea groups is 1. The molecule has 0 bridgehead atoms. The van der Waals surface area contributed by atoms with Crippen molar-refractivity contribution >= 4 is 28.3 Å². The zero-order chi connectivity index (χ0) is 17.6. The van der Waals surface area contributed by atoms with Gasteiger partial charge in [0.25, 0.3) is 5.91 Å². The van der Waals surface area contributed by atoms with E-state index in [1.807, 2.05) is 12.1 Å². The van der Waals surface area contributed by atoms with Gasteiger partial charge in [-0.15, -0.1) is 11.3 Å². The molecule has 0 saturated carbocycles. The number of carbonyl (C=O) groups excluding carboxylic acids is 2. The number of thiophene rings is 1. The minimum absolute atomic E-state index is 0.0816. The molecule has 3 heterocycles. The van der Waals surface area contributed by atoms with E-state index in [2.05, 4.69) is 20.9 Å². The van der Waals surface area contributed by atoms with Crippen LogP contribution in [-0.4, -0.2) is 36.1 Å². The van der Waals surface area contributed by atoms with E-state index < -0.39 is 6.03 Å². The van der Waals surface area contributed by atoms with Crippen LogP contribution in [0.3, 0.4) is 0 Å². The molecule has 2 aromatic rings. The molecule has 8 heteroatoms. The summed E-state index contributed by atoms with van der Waals surface area (Å²) < 4.78 is 0. The molecule has 3 amide bonds. The normalized spacial score (nSPS) is 17.5. The number of pyridine rings is 1. The molecule has 0 radical (unpaired) electrons. The summed E-state index contributed by atoms with van der Waals surface area (Å²) >= 11 is 1.31. The summed E-state index contributed by atoms with van der Waals surface area (Å²) in [5, 5.41) is 9.38. The Bertz CT molecular complexity index is 739. The first-order chi connectivity index (χ1) is 12.1. The standard InChI is InChI=1S/C17H21N5O2S/c18-17(24)22-16-13(8-14(25-16)11-4-3-7-19-9-11)15(23)21-12-5-1-2-6-20-10-12/h3-4,7-9,12,20H,1-2,5-6,10H2,(H,21,23)(H3,18,22,24)/t12-/m0/s1. The topological polar surface area (TPSA) is 109 Å². The summed E-state index contributed by atoms with van der Waals surface area (Å²) in [7, 11) is 0. The molecule has 1 aliphatic heterocycles. The number of hydrogen-bond acceptors (Lipinski definition) is 5. The largest absolute Gasteiger partial charge is 0.351 e. The predicted octanol–water partition coefficient (Wildman–Crippen LogP) is 2.17. The van der Waals surface area contributed by atoms with E-state index in [0.717, 1.165) is 42.8 Å². The second kappa shape index (κ2) is 8.09. The zero-order valence-electron chi connectivity index (χ0n) is 13.7. The van der Waals surface area contributed by atoms with Gasteiger partial charge in [-0.05, 0) is 31.5 Å². The number of nitrogens with one attached hydrogen (secondary N) is 3. The van der Waals surface area contributed by atoms with Crippen LogP contribution in [-0.2, 0) is 0 Å². The Morgan fingerprint density at radius 1 is 1.36 bits per heavy atom. The fourth-order valence-electron chi connectivity index (χ4n) is 2.82. The first-order valence-electron chi connectivity index (χ1n) is 8.26. The molecule has 2 aromatic heterocycles. The molecule has 7 nitrogen and oxygen atoms in total. The summed E-state index contributed by atoms with van der Waals surface area (Å²) in [6.45, 7) is 1.73. The summed E-state index contributed by atoms with van der Waals surface area (Å²) in [4.78, 5) is 29.0. The highest BCUT2D eigenvalue weighted by molar-refractivity contribution is 7.20. The monoisotopic (exact) mass is 359 g/mol. The lowest BCUT2D eigenvalue weighted by Crippen LogP contribution is -2.41. The van der Waals surface area contributed by atoms with Crippen molar-refractivity contribution in [2.75, 3.05) is 18.4 Å². The molecule has 0 spiro atoms. The van der Waals surface area contributed by atoms with Gasteiger partial charge in [0, 0.05) is 35.4 Å². The highest BCUT2D eigenvalue weighted by atomic mass is 32.1. The number of anilines is 1. The Kier molecular flexibility index (Phi) is 5.62. The zero-order valence-corrected chi connectivity index (χ0v) is 14.6. The molecule has 0 unspecified atom stereocenters. The minimum atomic E-state index is -0.690. The van der Waals surface area contributed by atoms with E-state index in [4.69, 9.17) is 5.73 Å². The molecule has 132 valence electrons. The third-order valence-corrected chi connectivity index (χ3v) is 5.14. The Balaban J connectivity index is 1.83. The van der Waals surface area contributed by atoms with Crippen molar-refractivity contribution in [3.8, 4) is 10.4 Å². The van der Waals surface area contributed by atoms with Crippen LogP contribution in [0.5, 0.6) is 0 Å². The van der Waals surface area contributed by atoms with Gasteiger partial charge in [-0.25, -0.2) is 4.79 Å². The molecule has 5 N–H and O–H groups in total. The molecule has 1 atom stereocenters. The molecule has 25 heavy (non-hydrogen) atoms. The number of nitrogens with two attached hydrogens (primary N) is 1. The number of rotatable bonds is 4. The van der Waals surface area contributed by atoms with Crippen LogP contribution >= 0.6 is 11.3 Å². The maximum Gasteiger partial charge on any atom is 0.317 e. The van der Waals surface area contributed by atoms with Gasteiger partial charge in [0.2, 0.25) is 0 Å². The molecule has 1 saturated heterocycles. The molecular weight excluding hydrogens is 338 g/mol. The van der Waals surface area contributed by atoms with Crippen LogP contribution in [0.4, 0.5) is 9.80 Å². The first kappa shape index (κ1) is 17.4. The van der Waals surface area contributed by atoms with E-state index in [-0.39, 0.29) is 11.9 Å². The molecule has 0 aromatic carbocycles. The third kappa shape index (κ3) is 4.55. The smallest absolute Gasteiger partial charge is 0.317 e. The highest BCUT2D eigenvalue weighted by Gasteiger charge is 2.21. The van der Waals surface area contributed by atoms with Crippen LogP contribution in [0, 0.1) is 0 Å². The number of carbonyl (C=O) groups is 2. The fraction of sp³-hybridized carbons (Fsp3) is 0.353. The van der Waals surface area contributed by atoms with Crippen LogP contribution in [0.25, 0.3) is 10.4 Å². The van der Waals surface area contributed by atoms with Crippen molar-refractivity contribution in [3.05, 3.63) is 36.2 Å². The number of nitrogens with zero attached hydrogens (tertiary/aromatic N) is 1. The van der Waals surface area contributed by atoms with E-state index in [1.165, 1.54) is 11.3 Å². The Labute approximate surface area is 150 Å². The minimum Gasteiger partial charge on any atom is -0.351 e. The average Bonchev–Trinajstić information content (AvgIpc) is 2.84. The molecule has 1 aliphatic rings. The number of amides is 3. The number of aromatic nitrogens is 1. The van der Waals surface area contributed by atoms with Crippen molar-refractivity contribution in [2.45, 2.75) is 25.3 Å². The summed E-state index contributed by atoms with van der Waals surface area (Å²) in [5.41, 5.74) is 6.56. The average molecular weight is 359 g/mol. The lowest BCUT2D eigenvalue weighted by molar-refractivity contribution is 0.0937. The van der Waals surface area contributed by atoms with Gasteiger partial charge in [0.05, 0.1) is 5.56 Å². The van der Waals surface area contributed by atoms with Gasteiger partial charge in [0.1, 0.15) is 5.00 Å². The van der Waals surface area contributed by atoms with E-state index in [0.29, 0.717) is 10.6 Å². The molecule has 0 aliphatic carbocycles. The summed E-state index contributed by atoms with van der Waals surface area (Å²) in [6.07, 6.45) is 6.54. The van der Waals surface area contributed by atoms with Gasteiger partial charge < -0.3 is 16.4 Å². The maximum absolute atomic E-state index is 12.7. The van der Waals surface area contributed by atoms with Crippen LogP contribution < -0.4 is 21.7 Å². The lowest BCUT2D eigenvalue weighted by Gasteiger charge is -2.16. The van der Waals surface area contributed by atoms with Crippen molar-refractivity contribution in [2.24, 2.45) is 5.73 Å². The maximum atomic E-state index is 12.7. The molecule has 3 rings (SSSR count). The van der Waals surface area contributed by atoms with Crippen LogP contribution in [0.15, 0.2) is 30.6 Å². The Morgan fingerprint density at radius 2 is 2.24 bits per heavy atom. The van der Waals surface area contributed by atoms with E-state index >= 15 is 0 Å². The third-order valence-electron chi connectivity index (χ3n) is 4.04. The highest BCUT2D eigenvalue weighted by Crippen LogP contribution is 2.35. The Hall–Kier alpha value is -2.45. The second-order valence-corrected chi connectivity index (χ2v) is 7.01. The Morgan fingerprint density at radius 3 is 3.00 bits per heavy atom. The van der Waals surface area contributed by atoms with Gasteiger partial charge in [0.15, 0.2) is 0 Å². The van der Waals surface area contributed by atoms with Gasteiger partial charge in [-0.2, -0.15) is 0 Å². The van der Waals surface area contributed by atoms with Gasteiger partial charge >= 0.3 is 6.03 Å². The first-order valence-corrected chi connectivity index (χ1v) is 9.07. The van der Waals surface area contributed by atoms with Crippen molar-refractivity contribution in [1.82, 2.24) is 15.6 Å². The quantitative estimate of drug-likeness (QED) is 0.671. The van der Waals surface area contributed by atoms with Crippen LogP contribution in [0.1, 0.15) is 29.6 Å². The van der Waals surface area contributed by atoms with Crippen molar-refractivity contribution in [3.63, 3.8) is 0 Å². The lowest BCUT2D eigenvalue weighted by atomic mass is 10.1. The fourth-order valence-corrected chi connectivity index (χ4v) is 3.87. The SMILES string of the molecule is NC(=O)Nc1sc(-c2cccnc2)cc1C(=O)N[C@H]1CCCCNC1. The van der Waals surface area contributed by atoms with Crippen molar-refractivity contribution in [1.29, 1.82) is 0 Å². The second-order valence-electron chi connectivity index (χ2n) is 5.95. The molecular formula is C17H21N5O2S. The van der Waals surface area contributed by atoms with Gasteiger partial charge in [-0.3, -0.25) is 15.1 Å². The number of primary amides is 1. The summed E-state index contributed by atoms with van der Waals surface area (Å²) in [6, 6.07) is 4.89. The van der Waals surface area contributed by atoms with E-state index in [1.54, 1.807) is 18.5 Å². The summed E-state index contributed by atoms with van der Waals surface area (Å²) in [5.74, 6) is -0.205. The van der Waals surface area contributed by atoms with Crippen molar-refractivity contribution < 1.29 is 9.59 Å². The number of hydrogen-bond donors (Lipinski definition) is 4. The van der Waals surface area contributed by atoms with Gasteiger partial charge in [-0.1, -0.05) is 12.5 Å². The molecule has 1 fully saturated rings. The van der Waals surface area contributed by atoms with E-state index in [9.17, 15) is 9.59 Å². The predicted molar refractivity (Wildman–Crippen MR) is 98.7 cm³/mol.